The minimum absolute atomic E-state index is 0.154. The number of primary amides is 1. The highest BCUT2D eigenvalue weighted by Crippen LogP contribution is 2.30. The van der Waals surface area contributed by atoms with Gasteiger partial charge in [-0.1, -0.05) is 0 Å². The number of nitrogens with one attached hydrogen (secondary N) is 1. The van der Waals surface area contributed by atoms with Gasteiger partial charge < -0.3 is 26.6 Å². The van der Waals surface area contributed by atoms with Crippen LogP contribution in [-0.2, 0) is 0 Å². The van der Waals surface area contributed by atoms with Crippen LogP contribution in [0.3, 0.4) is 0 Å². The molecule has 0 radical (unpaired) electrons. The molecule has 6 N–H and O–H groups in total. The topological polar surface area (TPSA) is 141 Å². The number of carbonyl (C=O) groups excluding carboxylic acids is 1. The van der Waals surface area contributed by atoms with E-state index >= 15 is 0 Å². The van der Waals surface area contributed by atoms with Crippen LogP contribution in [0.25, 0.3) is 0 Å². The molecule has 3 rings (SSSR count). The molecule has 9 nitrogen and oxygen atoms in total. The van der Waals surface area contributed by atoms with Gasteiger partial charge in [0.25, 0.3) is 5.91 Å². The highest BCUT2D eigenvalue weighted by atomic mass is 19.3. The van der Waals surface area contributed by atoms with Crippen molar-refractivity contribution in [1.82, 2.24) is 14.8 Å². The van der Waals surface area contributed by atoms with Crippen molar-refractivity contribution in [2.45, 2.75) is 44.1 Å². The number of alkyl halides is 2. The van der Waals surface area contributed by atoms with E-state index in [2.05, 4.69) is 20.1 Å². The van der Waals surface area contributed by atoms with Gasteiger partial charge in [0.2, 0.25) is 5.88 Å². The fourth-order valence-electron chi connectivity index (χ4n) is 3.08. The Morgan fingerprint density at radius 2 is 2.19 bits per heavy atom. The largest absolute Gasteiger partial charge is 0.417 e. The quantitative estimate of drug-likeness (QED) is 0.587. The lowest BCUT2D eigenvalue weighted by atomic mass is 9.89. The summed E-state index contributed by atoms with van der Waals surface area (Å²) in [5.41, 5.74) is 12.1. The van der Waals surface area contributed by atoms with Crippen molar-refractivity contribution >= 4 is 17.4 Å². The SMILES string of the molecule is NC(=O)c1cn([C@H]2CC[C@H](O)C[C@@H]2N)nc1Nc1ccc(OC(F)F)nc1. The van der Waals surface area contributed by atoms with Gasteiger partial charge in [0.1, 0.15) is 5.56 Å². The number of aromatic nitrogens is 3. The molecule has 0 aliphatic heterocycles. The molecular formula is C16H20F2N6O3. The van der Waals surface area contributed by atoms with E-state index in [9.17, 15) is 18.7 Å². The van der Waals surface area contributed by atoms with E-state index in [-0.39, 0.29) is 29.3 Å². The van der Waals surface area contributed by atoms with Crippen molar-refractivity contribution in [2.75, 3.05) is 5.32 Å². The van der Waals surface area contributed by atoms with E-state index < -0.39 is 18.6 Å². The molecule has 0 aromatic carbocycles. The summed E-state index contributed by atoms with van der Waals surface area (Å²) < 4.78 is 30.1. The second kappa shape index (κ2) is 7.84. The number of halogens is 2. The number of carbonyl (C=O) groups is 1. The zero-order chi connectivity index (χ0) is 19.6. The molecule has 146 valence electrons. The van der Waals surface area contributed by atoms with Crippen LogP contribution < -0.4 is 21.5 Å². The van der Waals surface area contributed by atoms with Gasteiger partial charge in [-0.15, -0.1) is 0 Å². The normalized spacial score (nSPS) is 22.6. The Bertz CT molecular complexity index is 798. The number of nitrogens with two attached hydrogens (primary N) is 2. The molecule has 1 aliphatic rings. The van der Waals surface area contributed by atoms with Gasteiger partial charge in [0.05, 0.1) is 24.0 Å². The average molecular weight is 382 g/mol. The third kappa shape index (κ3) is 4.49. The Hall–Kier alpha value is -2.79. The second-order valence-corrected chi connectivity index (χ2v) is 6.32. The van der Waals surface area contributed by atoms with Gasteiger partial charge in [-0.3, -0.25) is 9.48 Å². The smallest absolute Gasteiger partial charge is 0.388 e. The molecule has 0 spiro atoms. The van der Waals surface area contributed by atoms with E-state index in [0.717, 1.165) is 0 Å². The first kappa shape index (κ1) is 19.0. The van der Waals surface area contributed by atoms with Gasteiger partial charge in [-0.2, -0.15) is 13.9 Å². The molecule has 1 amide bonds. The zero-order valence-corrected chi connectivity index (χ0v) is 14.3. The maximum atomic E-state index is 12.2. The maximum absolute atomic E-state index is 12.2. The highest BCUT2D eigenvalue weighted by molar-refractivity contribution is 5.98. The Morgan fingerprint density at radius 1 is 1.41 bits per heavy atom. The first-order valence-electron chi connectivity index (χ1n) is 8.34. The minimum atomic E-state index is -2.97. The molecule has 3 atom stereocenters. The number of pyridine rings is 1. The van der Waals surface area contributed by atoms with Crippen LogP contribution in [0.1, 0.15) is 35.7 Å². The summed E-state index contributed by atoms with van der Waals surface area (Å²) >= 11 is 0. The van der Waals surface area contributed by atoms with Crippen LogP contribution in [0.4, 0.5) is 20.3 Å². The number of ether oxygens (including phenoxy) is 1. The number of nitrogens with zero attached hydrogens (tertiary/aromatic N) is 3. The van der Waals surface area contributed by atoms with Gasteiger partial charge in [-0.25, -0.2) is 4.98 Å². The van der Waals surface area contributed by atoms with E-state index in [0.29, 0.717) is 24.9 Å². The summed E-state index contributed by atoms with van der Waals surface area (Å²) in [7, 11) is 0. The monoisotopic (exact) mass is 382 g/mol. The van der Waals surface area contributed by atoms with E-state index in [4.69, 9.17) is 11.5 Å². The van der Waals surface area contributed by atoms with Crippen LogP contribution in [-0.4, -0.2) is 44.5 Å². The highest BCUT2D eigenvalue weighted by Gasteiger charge is 2.30. The van der Waals surface area contributed by atoms with Crippen molar-refractivity contribution in [2.24, 2.45) is 11.5 Å². The molecule has 2 aromatic heterocycles. The van der Waals surface area contributed by atoms with Gasteiger partial charge in [-0.05, 0) is 25.3 Å². The molecule has 0 unspecified atom stereocenters. The number of anilines is 2. The fourth-order valence-corrected chi connectivity index (χ4v) is 3.08. The lowest BCUT2D eigenvalue weighted by molar-refractivity contribution is -0.0528. The molecule has 11 heteroatoms. The van der Waals surface area contributed by atoms with Crippen molar-refractivity contribution in [3.05, 3.63) is 30.1 Å². The second-order valence-electron chi connectivity index (χ2n) is 6.32. The molecule has 27 heavy (non-hydrogen) atoms. The number of hydrogen-bond donors (Lipinski definition) is 4. The van der Waals surface area contributed by atoms with Crippen LogP contribution in [0.15, 0.2) is 24.5 Å². The average Bonchev–Trinajstić information content (AvgIpc) is 3.00. The third-order valence-corrected chi connectivity index (χ3v) is 4.38. The summed E-state index contributed by atoms with van der Waals surface area (Å²) in [5, 5.41) is 17.0. The predicted octanol–water partition coefficient (Wildman–Crippen LogP) is 1.14. The fraction of sp³-hybridized carbons (Fsp3) is 0.438. The Kier molecular flexibility index (Phi) is 5.51. The summed E-state index contributed by atoms with van der Waals surface area (Å²) in [6, 6.07) is 2.22. The summed E-state index contributed by atoms with van der Waals surface area (Å²) in [6.45, 7) is -2.97. The lowest BCUT2D eigenvalue weighted by Gasteiger charge is -2.31. The first-order valence-corrected chi connectivity index (χ1v) is 8.34. The minimum Gasteiger partial charge on any atom is -0.417 e. The number of rotatable bonds is 6. The van der Waals surface area contributed by atoms with Crippen LogP contribution in [0.5, 0.6) is 5.88 Å². The molecule has 1 fully saturated rings. The van der Waals surface area contributed by atoms with Crippen LogP contribution in [0, 0.1) is 0 Å². The summed E-state index contributed by atoms with van der Waals surface area (Å²) in [5.74, 6) is -0.716. The molecule has 0 bridgehead atoms. The molecule has 1 saturated carbocycles. The first-order chi connectivity index (χ1) is 12.8. The van der Waals surface area contributed by atoms with E-state index in [1.807, 2.05) is 0 Å². The molecular weight excluding hydrogens is 362 g/mol. The van der Waals surface area contributed by atoms with Gasteiger partial charge >= 0.3 is 6.61 Å². The molecule has 2 heterocycles. The van der Waals surface area contributed by atoms with E-state index in [1.165, 1.54) is 24.5 Å². The summed E-state index contributed by atoms with van der Waals surface area (Å²) in [6.07, 6.45) is 3.97. The van der Waals surface area contributed by atoms with Crippen molar-refractivity contribution in [3.63, 3.8) is 0 Å². The van der Waals surface area contributed by atoms with Crippen LogP contribution in [0.2, 0.25) is 0 Å². The molecule has 1 aliphatic carbocycles. The molecule has 0 saturated heterocycles. The van der Waals surface area contributed by atoms with Crippen LogP contribution >= 0.6 is 0 Å². The standard InChI is InChI=1S/C16H20F2N6O3/c17-16(18)27-13-4-1-8(6-21-13)22-15-10(14(20)26)7-24(23-15)12-3-2-9(25)5-11(12)19/h1,4,6-7,9,11-12,16,25H,2-3,5,19H2,(H2,20,26)(H,22,23)/t9-,11-,12-/m0/s1. The number of aliphatic hydroxyl groups is 1. The van der Waals surface area contributed by atoms with E-state index in [1.54, 1.807) is 4.68 Å². The van der Waals surface area contributed by atoms with Crippen molar-refractivity contribution < 1.29 is 23.4 Å². The third-order valence-electron chi connectivity index (χ3n) is 4.38. The number of aliphatic hydroxyl groups excluding tert-OH is 1. The Labute approximate surface area is 153 Å². The number of amides is 1. The Balaban J connectivity index is 1.80. The van der Waals surface area contributed by atoms with Crippen molar-refractivity contribution in [3.8, 4) is 5.88 Å². The number of hydrogen-bond acceptors (Lipinski definition) is 7. The van der Waals surface area contributed by atoms with Crippen molar-refractivity contribution in [1.29, 1.82) is 0 Å². The zero-order valence-electron chi connectivity index (χ0n) is 14.3. The maximum Gasteiger partial charge on any atom is 0.388 e. The Morgan fingerprint density at radius 3 is 2.78 bits per heavy atom. The summed E-state index contributed by atoms with van der Waals surface area (Å²) in [4.78, 5) is 15.5. The lowest BCUT2D eigenvalue weighted by Crippen LogP contribution is -2.40. The predicted molar refractivity (Wildman–Crippen MR) is 91.8 cm³/mol. The van der Waals surface area contributed by atoms with Gasteiger partial charge in [0, 0.05) is 18.3 Å². The molecule has 2 aromatic rings. The van der Waals surface area contributed by atoms with Gasteiger partial charge in [0.15, 0.2) is 5.82 Å².